The number of benzene rings is 2. The summed E-state index contributed by atoms with van der Waals surface area (Å²) in [5.41, 5.74) is -1.40. The van der Waals surface area contributed by atoms with Crippen LogP contribution < -0.4 is 19.6 Å². The quantitative estimate of drug-likeness (QED) is 0.0911. The minimum Gasteiger partial charge on any atom is -0.507 e. The molecule has 2 aromatic carbocycles. The number of phenols is 1. The topological polar surface area (TPSA) is 400 Å². The molecular weight excluding hydrogens is 780 g/mol. The molecule has 3 saturated heterocycles. The predicted octanol–water partition coefficient (Wildman–Crippen LogP) is -5.02. The molecule has 24 heteroatoms. The number of aliphatic hydroxyl groups is 9. The zero-order valence-electron chi connectivity index (χ0n) is 28.4. The van der Waals surface area contributed by atoms with Crippen LogP contribution in [0.5, 0.6) is 23.0 Å². The van der Waals surface area contributed by atoms with Crippen molar-refractivity contribution in [3.8, 4) is 34.3 Å². The largest absolute Gasteiger partial charge is 0.507 e. The highest BCUT2D eigenvalue weighted by Gasteiger charge is 2.51. The van der Waals surface area contributed by atoms with Crippen LogP contribution in [0, 0.1) is 0 Å². The Morgan fingerprint density at radius 1 is 0.526 bits per heavy atom. The normalized spacial score (nSPS) is 35.6. The average molecular weight is 815 g/mol. The molecule has 15 atom stereocenters. The predicted molar refractivity (Wildman–Crippen MR) is 174 cm³/mol. The summed E-state index contributed by atoms with van der Waals surface area (Å²) in [7, 11) is 0. The van der Waals surface area contributed by atoms with E-state index >= 15 is 0 Å². The summed E-state index contributed by atoms with van der Waals surface area (Å²) >= 11 is 0. The molecule has 24 nitrogen and oxygen atoms in total. The lowest BCUT2D eigenvalue weighted by atomic mass is 9.99. The van der Waals surface area contributed by atoms with Gasteiger partial charge >= 0.3 is 17.9 Å². The molecule has 0 unspecified atom stereocenters. The molecule has 13 N–H and O–H groups in total. The second-order valence-electron chi connectivity index (χ2n) is 13.0. The summed E-state index contributed by atoms with van der Waals surface area (Å²) in [5, 5.41) is 131. The molecule has 6 rings (SSSR count). The Labute approximate surface area is 315 Å². The highest BCUT2D eigenvalue weighted by Crippen LogP contribution is 2.39. The maximum absolute atomic E-state index is 13.3. The van der Waals surface area contributed by atoms with Crippen molar-refractivity contribution in [2.45, 2.75) is 92.1 Å². The Hall–Kier alpha value is -5.22. The Morgan fingerprint density at radius 3 is 1.42 bits per heavy atom. The van der Waals surface area contributed by atoms with Gasteiger partial charge in [-0.25, -0.2) is 14.4 Å². The Kier molecular flexibility index (Phi) is 11.6. The van der Waals surface area contributed by atoms with Gasteiger partial charge in [-0.1, -0.05) is 0 Å². The number of carboxylic acid groups (broad SMARTS) is 3. The highest BCUT2D eigenvalue weighted by molar-refractivity contribution is 5.86. The first-order chi connectivity index (χ1) is 26.8. The summed E-state index contributed by atoms with van der Waals surface area (Å²) in [6.45, 7) is 0. The molecule has 0 saturated carbocycles. The van der Waals surface area contributed by atoms with Crippen LogP contribution in [0.15, 0.2) is 45.6 Å². The lowest BCUT2D eigenvalue weighted by Crippen LogP contribution is -2.61. The van der Waals surface area contributed by atoms with E-state index in [9.17, 15) is 85.6 Å². The maximum Gasteiger partial charge on any atom is 0.335 e. The summed E-state index contributed by atoms with van der Waals surface area (Å²) in [6.07, 6.45) is -31.2. The number of aliphatic carboxylic acids is 3. The smallest absolute Gasteiger partial charge is 0.335 e. The van der Waals surface area contributed by atoms with Gasteiger partial charge in [0.2, 0.25) is 18.9 Å². The Bertz CT molecular complexity index is 2070. The van der Waals surface area contributed by atoms with Crippen LogP contribution in [0.2, 0.25) is 0 Å². The third-order valence-electron chi connectivity index (χ3n) is 9.19. The number of ether oxygens (including phenoxy) is 6. The molecule has 310 valence electrons. The molecule has 3 aliphatic rings. The fraction of sp³-hybridized carbons (Fsp3) is 0.455. The number of rotatable bonds is 10. The summed E-state index contributed by atoms with van der Waals surface area (Å²) in [4.78, 5) is 48.1. The molecule has 57 heavy (non-hydrogen) atoms. The molecule has 4 heterocycles. The van der Waals surface area contributed by atoms with Gasteiger partial charge in [-0.2, -0.15) is 0 Å². The van der Waals surface area contributed by atoms with Crippen molar-refractivity contribution in [3.63, 3.8) is 0 Å². The fourth-order valence-corrected chi connectivity index (χ4v) is 6.14. The molecule has 3 aromatic rings. The summed E-state index contributed by atoms with van der Waals surface area (Å²) < 4.78 is 37.9. The van der Waals surface area contributed by atoms with Crippen molar-refractivity contribution in [2.24, 2.45) is 0 Å². The number of carbonyl (C=O) groups is 3. The Balaban J connectivity index is 1.38. The van der Waals surface area contributed by atoms with Crippen molar-refractivity contribution in [3.05, 3.63) is 46.6 Å². The number of carboxylic acids is 3. The van der Waals surface area contributed by atoms with E-state index in [0.29, 0.717) is 0 Å². The minimum atomic E-state index is -2.15. The number of hydrogen-bond donors (Lipinski definition) is 13. The zero-order valence-corrected chi connectivity index (χ0v) is 28.4. The molecule has 0 bridgehead atoms. The first-order valence-corrected chi connectivity index (χ1v) is 16.5. The van der Waals surface area contributed by atoms with Crippen LogP contribution in [-0.2, 0) is 28.6 Å². The molecule has 0 amide bonds. The molecule has 3 aliphatic heterocycles. The van der Waals surface area contributed by atoms with Crippen LogP contribution >= 0.6 is 0 Å². The molecule has 0 aliphatic carbocycles. The number of aromatic hydroxyl groups is 1. The lowest BCUT2D eigenvalue weighted by Gasteiger charge is -2.39. The third kappa shape index (κ3) is 7.89. The van der Waals surface area contributed by atoms with Gasteiger partial charge in [0.25, 0.3) is 0 Å². The van der Waals surface area contributed by atoms with Crippen molar-refractivity contribution in [1.82, 2.24) is 0 Å². The van der Waals surface area contributed by atoms with Crippen molar-refractivity contribution >= 4 is 28.9 Å². The van der Waals surface area contributed by atoms with Gasteiger partial charge in [-0.3, -0.25) is 4.79 Å². The number of hydrogen-bond acceptors (Lipinski definition) is 21. The van der Waals surface area contributed by atoms with Gasteiger partial charge in [-0.05, 0) is 18.2 Å². The van der Waals surface area contributed by atoms with E-state index in [4.69, 9.17) is 32.8 Å². The van der Waals surface area contributed by atoms with Crippen molar-refractivity contribution in [2.75, 3.05) is 0 Å². The average Bonchev–Trinajstić information content (AvgIpc) is 3.15. The van der Waals surface area contributed by atoms with Gasteiger partial charge in [-0.15, -0.1) is 0 Å². The summed E-state index contributed by atoms with van der Waals surface area (Å²) in [6, 6.07) is 5.96. The first kappa shape index (κ1) is 41.4. The number of aliphatic hydroxyl groups excluding tert-OH is 9. The van der Waals surface area contributed by atoms with Gasteiger partial charge in [0.1, 0.15) is 83.2 Å². The van der Waals surface area contributed by atoms with Crippen molar-refractivity contribution < 1.29 is 114 Å². The van der Waals surface area contributed by atoms with Gasteiger partial charge in [0.15, 0.2) is 35.2 Å². The van der Waals surface area contributed by atoms with Crippen LogP contribution in [0.1, 0.15) is 0 Å². The minimum absolute atomic E-state index is 0.112. The fourth-order valence-electron chi connectivity index (χ4n) is 6.14. The van der Waals surface area contributed by atoms with E-state index < -0.39 is 149 Å². The number of phenolic OH excluding ortho intramolecular Hbond substituents is 1. The van der Waals surface area contributed by atoms with E-state index in [1.54, 1.807) is 0 Å². The van der Waals surface area contributed by atoms with Crippen molar-refractivity contribution in [1.29, 1.82) is 0 Å². The molecule has 0 radical (unpaired) electrons. The second-order valence-corrected chi connectivity index (χ2v) is 13.0. The number of fused-ring (bicyclic) bond motifs is 1. The van der Waals surface area contributed by atoms with E-state index in [0.717, 1.165) is 30.3 Å². The third-order valence-corrected chi connectivity index (χ3v) is 9.19. The molecule has 3 fully saturated rings. The van der Waals surface area contributed by atoms with Gasteiger partial charge in [0.05, 0.1) is 0 Å². The van der Waals surface area contributed by atoms with Crippen LogP contribution in [0.3, 0.4) is 0 Å². The molecule has 1 aromatic heterocycles. The SMILES string of the molecule is O=C(O)[C@H]1O[C@@H](Oc2cc(O)c3c(=O)cc(-c4ccc(O[C@@H]5O[C@@H](C(=O)O)[C@H](O)[C@@H](O)[C@@H]5O)c(O[C@H]5O[C@H](C(=O)O)[C@H](O)[C@@H](O)[C@@H]5O)c4)oc3c2)[C@@H](O)[C@H](O)[C@H]1O. The second kappa shape index (κ2) is 16.0. The standard InChI is InChI=1S/C33H34O24/c34-9-4-8(51-31-22(42)16(36)19(39)25(55-31)28(45)46)5-14-15(9)10(35)6-12(52-14)7-1-2-11(53-32-23(43)17(37)20(40)26(56-32)29(47)48)13(3-7)54-33-24(44)18(38)21(41)27(57-33)30(49)50/h1-6,16-27,31-34,36-44H,(H,45,46)(H,47,48)(H,49,50)/t16-,17-,18-,19-,20-,21-,22+,23+,24+,25+,26-,27+,31-,32-,33+/m1/s1. The lowest BCUT2D eigenvalue weighted by molar-refractivity contribution is -0.276. The van der Waals surface area contributed by atoms with E-state index in [2.05, 4.69) is 0 Å². The zero-order chi connectivity index (χ0) is 41.8. The molecular formula is C33H34O24. The summed E-state index contributed by atoms with van der Waals surface area (Å²) in [5.74, 6) is -7.83. The monoisotopic (exact) mass is 814 g/mol. The maximum atomic E-state index is 13.3. The highest BCUT2D eigenvalue weighted by atomic mass is 16.7. The van der Waals surface area contributed by atoms with E-state index in [-0.39, 0.29) is 11.3 Å². The first-order valence-electron chi connectivity index (χ1n) is 16.5. The Morgan fingerprint density at radius 2 is 0.965 bits per heavy atom. The van der Waals surface area contributed by atoms with Crippen LogP contribution in [-0.4, -0.2) is 176 Å². The van der Waals surface area contributed by atoms with E-state index in [1.165, 1.54) is 6.07 Å². The van der Waals surface area contributed by atoms with Crippen LogP contribution in [0.4, 0.5) is 0 Å². The van der Waals surface area contributed by atoms with Crippen LogP contribution in [0.25, 0.3) is 22.3 Å². The van der Waals surface area contributed by atoms with Gasteiger partial charge < -0.3 is 99.2 Å². The van der Waals surface area contributed by atoms with E-state index in [1.807, 2.05) is 0 Å². The molecule has 0 spiro atoms. The van der Waals surface area contributed by atoms with Gasteiger partial charge in [0, 0.05) is 23.8 Å².